The number of nitrogens with zero attached hydrogens (tertiary/aromatic N) is 1. The van der Waals surface area contributed by atoms with E-state index in [1.54, 1.807) is 7.11 Å². The summed E-state index contributed by atoms with van der Waals surface area (Å²) in [4.78, 5) is 0. The molecule has 1 aliphatic rings. The molecule has 0 unspecified atom stereocenters. The van der Waals surface area contributed by atoms with Crippen molar-refractivity contribution < 1.29 is 4.74 Å². The molecule has 0 atom stereocenters. The normalized spacial score (nSPS) is 22.4. The van der Waals surface area contributed by atoms with E-state index in [1.807, 2.05) is 0 Å². The van der Waals surface area contributed by atoms with Crippen molar-refractivity contribution in [2.24, 2.45) is 0 Å². The van der Waals surface area contributed by atoms with Gasteiger partial charge in [-0.3, -0.25) is 0 Å². The van der Waals surface area contributed by atoms with E-state index in [-0.39, 0.29) is 5.60 Å². The molecule has 0 saturated heterocycles. The predicted molar refractivity (Wildman–Crippen MR) is 38.4 cm³/mol. The van der Waals surface area contributed by atoms with Crippen LogP contribution in [0.5, 0.6) is 0 Å². The Balaban J connectivity index is 2.51. The summed E-state index contributed by atoms with van der Waals surface area (Å²) >= 11 is 0. The second-order valence-corrected chi connectivity index (χ2v) is 2.93. The zero-order chi connectivity index (χ0) is 7.45. The SMILES string of the molecule is COC1(CC#N)CCCC1. The lowest BCUT2D eigenvalue weighted by atomic mass is 9.99. The van der Waals surface area contributed by atoms with E-state index < -0.39 is 0 Å². The van der Waals surface area contributed by atoms with E-state index in [2.05, 4.69) is 6.07 Å². The predicted octanol–water partition coefficient (Wildman–Crippen LogP) is 1.86. The lowest BCUT2D eigenvalue weighted by Crippen LogP contribution is -2.26. The van der Waals surface area contributed by atoms with E-state index in [1.165, 1.54) is 12.8 Å². The van der Waals surface area contributed by atoms with Gasteiger partial charge in [0.1, 0.15) is 0 Å². The van der Waals surface area contributed by atoms with Gasteiger partial charge in [-0.25, -0.2) is 0 Å². The lowest BCUT2D eigenvalue weighted by molar-refractivity contribution is -0.0000571. The molecule has 56 valence electrons. The summed E-state index contributed by atoms with van der Waals surface area (Å²) in [6.45, 7) is 0. The molecule has 0 radical (unpaired) electrons. The molecule has 0 aromatic heterocycles. The first kappa shape index (κ1) is 7.56. The fraction of sp³-hybridized carbons (Fsp3) is 0.875. The molecule has 1 aliphatic carbocycles. The molecular formula is C8H13NO. The number of rotatable bonds is 2. The molecule has 0 N–H and O–H groups in total. The molecule has 0 heterocycles. The summed E-state index contributed by atoms with van der Waals surface area (Å²) in [5, 5.41) is 8.49. The molecule has 0 bridgehead atoms. The first-order chi connectivity index (χ1) is 4.83. The summed E-state index contributed by atoms with van der Waals surface area (Å²) in [5.74, 6) is 0. The van der Waals surface area contributed by atoms with Crippen LogP contribution in [0.1, 0.15) is 32.1 Å². The van der Waals surface area contributed by atoms with Crippen molar-refractivity contribution in [1.82, 2.24) is 0 Å². The Morgan fingerprint density at radius 3 is 2.50 bits per heavy atom. The average Bonchev–Trinajstić information content (AvgIpc) is 2.39. The van der Waals surface area contributed by atoms with E-state index in [0.29, 0.717) is 6.42 Å². The third-order valence-corrected chi connectivity index (χ3v) is 2.35. The molecule has 0 aromatic rings. The van der Waals surface area contributed by atoms with Gasteiger partial charge < -0.3 is 4.74 Å². The molecule has 2 heteroatoms. The Morgan fingerprint density at radius 1 is 1.50 bits per heavy atom. The van der Waals surface area contributed by atoms with Crippen molar-refractivity contribution in [1.29, 1.82) is 5.26 Å². The Morgan fingerprint density at radius 2 is 2.10 bits per heavy atom. The van der Waals surface area contributed by atoms with Crippen LogP contribution < -0.4 is 0 Å². The molecule has 10 heavy (non-hydrogen) atoms. The highest BCUT2D eigenvalue weighted by molar-refractivity contribution is 4.93. The molecule has 0 aromatic carbocycles. The van der Waals surface area contributed by atoms with Crippen LogP contribution in [-0.4, -0.2) is 12.7 Å². The fourth-order valence-corrected chi connectivity index (χ4v) is 1.62. The molecule has 1 fully saturated rings. The summed E-state index contributed by atoms with van der Waals surface area (Å²) < 4.78 is 5.32. The molecule has 0 aliphatic heterocycles. The number of ether oxygens (including phenoxy) is 1. The monoisotopic (exact) mass is 139 g/mol. The van der Waals surface area contributed by atoms with Crippen LogP contribution in [0, 0.1) is 11.3 Å². The lowest BCUT2D eigenvalue weighted by Gasteiger charge is -2.23. The van der Waals surface area contributed by atoms with Crippen LogP contribution in [0.25, 0.3) is 0 Å². The maximum Gasteiger partial charge on any atom is 0.0808 e. The molecule has 1 saturated carbocycles. The second kappa shape index (κ2) is 3.03. The van der Waals surface area contributed by atoms with Gasteiger partial charge in [-0.2, -0.15) is 5.26 Å². The Bertz CT molecular complexity index is 142. The zero-order valence-corrected chi connectivity index (χ0v) is 6.39. The highest BCUT2D eigenvalue weighted by atomic mass is 16.5. The Kier molecular flexibility index (Phi) is 2.29. The van der Waals surface area contributed by atoms with Crippen LogP contribution in [0.2, 0.25) is 0 Å². The van der Waals surface area contributed by atoms with Crippen molar-refractivity contribution in [3.63, 3.8) is 0 Å². The van der Waals surface area contributed by atoms with Crippen molar-refractivity contribution in [3.05, 3.63) is 0 Å². The number of hydrogen-bond donors (Lipinski definition) is 0. The van der Waals surface area contributed by atoms with E-state index >= 15 is 0 Å². The Hall–Kier alpha value is -0.550. The minimum absolute atomic E-state index is 0.0747. The Labute approximate surface area is 61.8 Å². The number of hydrogen-bond acceptors (Lipinski definition) is 2. The average molecular weight is 139 g/mol. The van der Waals surface area contributed by atoms with Gasteiger partial charge in [0.15, 0.2) is 0 Å². The third-order valence-electron chi connectivity index (χ3n) is 2.35. The highest BCUT2D eigenvalue weighted by Crippen LogP contribution is 2.34. The largest absolute Gasteiger partial charge is 0.377 e. The van der Waals surface area contributed by atoms with Crippen LogP contribution in [-0.2, 0) is 4.74 Å². The highest BCUT2D eigenvalue weighted by Gasteiger charge is 2.33. The van der Waals surface area contributed by atoms with Crippen molar-refractivity contribution >= 4 is 0 Å². The second-order valence-electron chi connectivity index (χ2n) is 2.93. The van der Waals surface area contributed by atoms with Gasteiger partial charge in [0.25, 0.3) is 0 Å². The molecule has 0 spiro atoms. The standard InChI is InChI=1S/C8H13NO/c1-10-8(6-7-9)4-2-3-5-8/h2-6H2,1H3. The first-order valence-electron chi connectivity index (χ1n) is 3.75. The van der Waals surface area contributed by atoms with Crippen LogP contribution in [0.15, 0.2) is 0 Å². The molecular weight excluding hydrogens is 126 g/mol. The van der Waals surface area contributed by atoms with E-state index in [4.69, 9.17) is 10.00 Å². The van der Waals surface area contributed by atoms with Gasteiger partial charge in [0.05, 0.1) is 18.1 Å². The molecule has 0 amide bonds. The molecule has 1 rings (SSSR count). The van der Waals surface area contributed by atoms with Gasteiger partial charge in [0.2, 0.25) is 0 Å². The van der Waals surface area contributed by atoms with Gasteiger partial charge in [-0.05, 0) is 12.8 Å². The summed E-state index contributed by atoms with van der Waals surface area (Å²) in [7, 11) is 1.71. The summed E-state index contributed by atoms with van der Waals surface area (Å²) in [6.07, 6.45) is 5.13. The topological polar surface area (TPSA) is 33.0 Å². The van der Waals surface area contributed by atoms with Crippen molar-refractivity contribution in [2.45, 2.75) is 37.7 Å². The quantitative estimate of drug-likeness (QED) is 0.585. The van der Waals surface area contributed by atoms with Gasteiger partial charge in [0, 0.05) is 7.11 Å². The minimum Gasteiger partial charge on any atom is -0.377 e. The maximum atomic E-state index is 8.49. The van der Waals surface area contributed by atoms with E-state index in [0.717, 1.165) is 12.8 Å². The van der Waals surface area contributed by atoms with Gasteiger partial charge >= 0.3 is 0 Å². The molecule has 2 nitrogen and oxygen atoms in total. The van der Waals surface area contributed by atoms with Crippen molar-refractivity contribution in [2.75, 3.05) is 7.11 Å². The maximum absolute atomic E-state index is 8.49. The third kappa shape index (κ3) is 1.30. The number of methoxy groups -OCH3 is 1. The van der Waals surface area contributed by atoms with Gasteiger partial charge in [-0.1, -0.05) is 12.8 Å². The van der Waals surface area contributed by atoms with E-state index in [9.17, 15) is 0 Å². The van der Waals surface area contributed by atoms with Crippen LogP contribution in [0.3, 0.4) is 0 Å². The summed E-state index contributed by atoms with van der Waals surface area (Å²) in [5.41, 5.74) is -0.0747. The smallest absolute Gasteiger partial charge is 0.0808 e. The van der Waals surface area contributed by atoms with Crippen molar-refractivity contribution in [3.8, 4) is 6.07 Å². The van der Waals surface area contributed by atoms with Gasteiger partial charge in [-0.15, -0.1) is 0 Å². The first-order valence-corrected chi connectivity index (χ1v) is 3.75. The summed E-state index contributed by atoms with van der Waals surface area (Å²) in [6, 6.07) is 2.18. The number of nitriles is 1. The zero-order valence-electron chi connectivity index (χ0n) is 6.39. The fourth-order valence-electron chi connectivity index (χ4n) is 1.62. The minimum atomic E-state index is -0.0747. The van der Waals surface area contributed by atoms with Crippen LogP contribution in [0.4, 0.5) is 0 Å². The van der Waals surface area contributed by atoms with Crippen LogP contribution >= 0.6 is 0 Å².